The summed E-state index contributed by atoms with van der Waals surface area (Å²) in [6.07, 6.45) is 0. The van der Waals surface area contributed by atoms with E-state index in [0.29, 0.717) is 6.54 Å². The highest BCUT2D eigenvalue weighted by atomic mass is 79.9. The molecule has 5 nitrogen and oxygen atoms in total. The van der Waals surface area contributed by atoms with Gasteiger partial charge in [-0.05, 0) is 38.5 Å². The molecule has 0 heterocycles. The van der Waals surface area contributed by atoms with Gasteiger partial charge in [-0.1, -0.05) is 28.1 Å². The van der Waals surface area contributed by atoms with Crippen molar-refractivity contribution in [2.24, 2.45) is 0 Å². The van der Waals surface area contributed by atoms with Crippen LogP contribution in [0.25, 0.3) is 0 Å². The van der Waals surface area contributed by atoms with Gasteiger partial charge in [-0.3, -0.25) is 15.4 Å². The van der Waals surface area contributed by atoms with Gasteiger partial charge in [-0.15, -0.1) is 0 Å². The molecule has 6 heteroatoms. The average Bonchev–Trinajstić information content (AvgIpc) is 2.39. The second-order valence-corrected chi connectivity index (χ2v) is 5.43. The molecule has 3 N–H and O–H groups in total. The van der Waals surface area contributed by atoms with Crippen molar-refractivity contribution in [2.75, 3.05) is 6.54 Å². The topological polar surface area (TPSA) is 70.2 Å². The zero-order valence-corrected chi connectivity index (χ0v) is 13.5. The van der Waals surface area contributed by atoms with Crippen molar-refractivity contribution in [3.05, 3.63) is 34.3 Å². The summed E-state index contributed by atoms with van der Waals surface area (Å²) in [6, 6.07) is 6.95. The zero-order chi connectivity index (χ0) is 15.1. The first-order chi connectivity index (χ1) is 9.43. The maximum atomic E-state index is 11.8. The van der Waals surface area contributed by atoms with Gasteiger partial charge >= 0.3 is 6.03 Å². The molecule has 1 rings (SSSR count). The van der Waals surface area contributed by atoms with E-state index in [1.54, 1.807) is 13.8 Å². The number of carbonyl (C=O) groups is 2. The minimum atomic E-state index is -0.470. The molecule has 0 bridgehead atoms. The molecule has 1 aromatic rings. The number of amides is 3. The van der Waals surface area contributed by atoms with Crippen LogP contribution in [0.3, 0.4) is 0 Å². The van der Waals surface area contributed by atoms with Crippen molar-refractivity contribution < 1.29 is 9.59 Å². The summed E-state index contributed by atoms with van der Waals surface area (Å²) in [4.78, 5) is 23.1. The Morgan fingerprint density at radius 3 is 2.35 bits per heavy atom. The van der Waals surface area contributed by atoms with E-state index < -0.39 is 12.1 Å². The lowest BCUT2D eigenvalue weighted by Crippen LogP contribution is -2.48. The third-order valence-corrected chi connectivity index (χ3v) is 3.37. The normalized spacial score (nSPS) is 13.4. The van der Waals surface area contributed by atoms with Gasteiger partial charge in [0, 0.05) is 17.1 Å². The Labute approximate surface area is 127 Å². The Bertz CT molecular complexity index is 462. The molecule has 3 amide bonds. The quantitative estimate of drug-likeness (QED) is 0.769. The second kappa shape index (κ2) is 8.01. The maximum absolute atomic E-state index is 11.8. The molecule has 110 valence electrons. The monoisotopic (exact) mass is 341 g/mol. The maximum Gasteiger partial charge on any atom is 0.321 e. The fourth-order valence-corrected chi connectivity index (χ4v) is 1.99. The number of urea groups is 1. The lowest BCUT2D eigenvalue weighted by atomic mass is 10.1. The number of nitrogens with one attached hydrogen (secondary N) is 3. The summed E-state index contributed by atoms with van der Waals surface area (Å²) < 4.78 is 1.01. The number of carbonyl (C=O) groups excluding carboxylic acids is 2. The molecule has 2 atom stereocenters. The van der Waals surface area contributed by atoms with Crippen molar-refractivity contribution in [3.63, 3.8) is 0 Å². The highest BCUT2D eigenvalue weighted by Gasteiger charge is 2.17. The van der Waals surface area contributed by atoms with Crippen LogP contribution in [0.5, 0.6) is 0 Å². The van der Waals surface area contributed by atoms with E-state index in [2.05, 4.69) is 31.9 Å². The Kier molecular flexibility index (Phi) is 6.67. The molecule has 0 aliphatic carbocycles. The van der Waals surface area contributed by atoms with Gasteiger partial charge in [-0.25, -0.2) is 4.79 Å². The van der Waals surface area contributed by atoms with E-state index in [4.69, 9.17) is 0 Å². The van der Waals surface area contributed by atoms with Crippen LogP contribution in [0, 0.1) is 0 Å². The molecule has 0 radical (unpaired) electrons. The standard InChI is InChI=1S/C14H20BrN3O2/c1-4-16-14(20)18-13(19)10(3)17-9(2)11-5-7-12(15)8-6-11/h5-10,17H,4H2,1-3H3,(H2,16,18,19,20)/t9-,10?/m0/s1. The van der Waals surface area contributed by atoms with Gasteiger partial charge in [-0.2, -0.15) is 0 Å². The van der Waals surface area contributed by atoms with E-state index in [1.807, 2.05) is 31.2 Å². The fourth-order valence-electron chi connectivity index (χ4n) is 1.72. The van der Waals surface area contributed by atoms with E-state index >= 15 is 0 Å². The number of hydrogen-bond donors (Lipinski definition) is 3. The summed E-state index contributed by atoms with van der Waals surface area (Å²) in [5, 5.41) is 7.96. The molecule has 0 saturated carbocycles. The van der Waals surface area contributed by atoms with Crippen LogP contribution in [0.2, 0.25) is 0 Å². The summed E-state index contributed by atoms with van der Waals surface area (Å²) in [6.45, 7) is 5.97. The van der Waals surface area contributed by atoms with Gasteiger partial charge in [0.1, 0.15) is 0 Å². The first-order valence-corrected chi connectivity index (χ1v) is 7.33. The van der Waals surface area contributed by atoms with Gasteiger partial charge in [0.05, 0.1) is 6.04 Å². The number of benzene rings is 1. The predicted molar refractivity (Wildman–Crippen MR) is 82.4 cm³/mol. The highest BCUT2D eigenvalue weighted by Crippen LogP contribution is 2.16. The smallest absolute Gasteiger partial charge is 0.321 e. The number of hydrogen-bond acceptors (Lipinski definition) is 3. The minimum Gasteiger partial charge on any atom is -0.338 e. The summed E-state index contributed by atoms with van der Waals surface area (Å²) in [7, 11) is 0. The lowest BCUT2D eigenvalue weighted by molar-refractivity contribution is -0.121. The molecule has 0 spiro atoms. The molecular weight excluding hydrogens is 322 g/mol. The Balaban J connectivity index is 2.52. The first-order valence-electron chi connectivity index (χ1n) is 6.54. The van der Waals surface area contributed by atoms with E-state index in [0.717, 1.165) is 10.0 Å². The predicted octanol–water partition coefficient (Wildman–Crippen LogP) is 2.33. The van der Waals surface area contributed by atoms with Crippen LogP contribution in [-0.4, -0.2) is 24.5 Å². The van der Waals surface area contributed by atoms with Crippen molar-refractivity contribution in [2.45, 2.75) is 32.9 Å². The summed E-state index contributed by atoms with van der Waals surface area (Å²) in [5.41, 5.74) is 1.07. The van der Waals surface area contributed by atoms with Crippen LogP contribution in [0.1, 0.15) is 32.4 Å². The molecule has 0 aliphatic rings. The highest BCUT2D eigenvalue weighted by molar-refractivity contribution is 9.10. The van der Waals surface area contributed by atoms with Crippen LogP contribution in [0.4, 0.5) is 4.79 Å². The first kappa shape index (κ1) is 16.7. The molecule has 20 heavy (non-hydrogen) atoms. The fraction of sp³-hybridized carbons (Fsp3) is 0.429. The van der Waals surface area contributed by atoms with Crippen molar-refractivity contribution in [1.82, 2.24) is 16.0 Å². The molecule has 1 aromatic carbocycles. The zero-order valence-electron chi connectivity index (χ0n) is 11.9. The molecule has 0 saturated heterocycles. The van der Waals surface area contributed by atoms with Crippen molar-refractivity contribution >= 4 is 27.9 Å². The van der Waals surface area contributed by atoms with Gasteiger partial charge in [0.15, 0.2) is 0 Å². The van der Waals surface area contributed by atoms with E-state index in [-0.39, 0.29) is 11.9 Å². The third-order valence-electron chi connectivity index (χ3n) is 2.84. The molecule has 0 aliphatic heterocycles. The Morgan fingerprint density at radius 2 is 1.80 bits per heavy atom. The SMILES string of the molecule is CCNC(=O)NC(=O)C(C)N[C@@H](C)c1ccc(Br)cc1. The van der Waals surface area contributed by atoms with E-state index in [9.17, 15) is 9.59 Å². The Morgan fingerprint density at radius 1 is 1.20 bits per heavy atom. The lowest BCUT2D eigenvalue weighted by Gasteiger charge is -2.19. The molecule has 0 aromatic heterocycles. The second-order valence-electron chi connectivity index (χ2n) is 4.51. The van der Waals surface area contributed by atoms with Crippen molar-refractivity contribution in [1.29, 1.82) is 0 Å². The van der Waals surface area contributed by atoms with Gasteiger partial charge < -0.3 is 5.32 Å². The van der Waals surface area contributed by atoms with Crippen LogP contribution >= 0.6 is 15.9 Å². The molecule has 1 unspecified atom stereocenters. The van der Waals surface area contributed by atoms with Crippen LogP contribution in [-0.2, 0) is 4.79 Å². The van der Waals surface area contributed by atoms with Crippen molar-refractivity contribution in [3.8, 4) is 0 Å². The molecular formula is C14H20BrN3O2. The number of rotatable bonds is 5. The third kappa shape index (κ3) is 5.30. The summed E-state index contributed by atoms with van der Waals surface area (Å²) in [5.74, 6) is -0.347. The summed E-state index contributed by atoms with van der Waals surface area (Å²) >= 11 is 3.38. The Hall–Kier alpha value is -1.40. The van der Waals surface area contributed by atoms with E-state index in [1.165, 1.54) is 0 Å². The molecule has 0 fully saturated rings. The number of halogens is 1. The average molecular weight is 342 g/mol. The van der Waals surface area contributed by atoms with Gasteiger partial charge in [0.2, 0.25) is 5.91 Å². The minimum absolute atomic E-state index is 0.0121. The van der Waals surface area contributed by atoms with Crippen LogP contribution < -0.4 is 16.0 Å². The van der Waals surface area contributed by atoms with Crippen LogP contribution in [0.15, 0.2) is 28.7 Å². The largest absolute Gasteiger partial charge is 0.338 e. The number of imide groups is 1. The van der Waals surface area contributed by atoms with Gasteiger partial charge in [0.25, 0.3) is 0 Å².